The molecule has 1 aliphatic carbocycles. The van der Waals surface area contributed by atoms with E-state index >= 15 is 0 Å². The summed E-state index contributed by atoms with van der Waals surface area (Å²) < 4.78 is 17.0. The highest BCUT2D eigenvalue weighted by Crippen LogP contribution is 2.26. The third-order valence-electron chi connectivity index (χ3n) is 4.91. The molecule has 24 heavy (non-hydrogen) atoms. The lowest BCUT2D eigenvalue weighted by molar-refractivity contribution is 0.438. The summed E-state index contributed by atoms with van der Waals surface area (Å²) in [6.07, 6.45) is 8.16. The van der Waals surface area contributed by atoms with E-state index in [1.165, 1.54) is 49.3 Å². The average molecular weight is 352 g/mol. The number of aromatic nitrogens is 3. The monoisotopic (exact) mass is 351 g/mol. The highest BCUT2D eigenvalue weighted by molar-refractivity contribution is 6.31. The molecule has 0 radical (unpaired) electrons. The topological polar surface area (TPSA) is 39.8 Å². The maximum absolute atomic E-state index is 14.1. The van der Waals surface area contributed by atoms with Gasteiger partial charge in [0.2, 0.25) is 0 Å². The fraction of sp³-hybridized carbons (Fsp3) is 0.556. The predicted molar refractivity (Wildman–Crippen MR) is 92.9 cm³/mol. The molecule has 0 atom stereocenters. The van der Waals surface area contributed by atoms with Crippen LogP contribution in [-0.4, -0.2) is 14.3 Å². The lowest BCUT2D eigenvalue weighted by Crippen LogP contribution is -2.25. The van der Waals surface area contributed by atoms with Crippen LogP contribution in [0.3, 0.4) is 0 Å². The van der Waals surface area contributed by atoms with E-state index in [1.807, 2.05) is 0 Å². The Morgan fingerprint density at radius 3 is 2.62 bits per heavy atom. The SMILES string of the molecule is Cn1nc(CC2CCCCCC2)n(Cc2c(F)cccc2Cl)c1=O. The van der Waals surface area contributed by atoms with Crippen LogP contribution in [0.2, 0.25) is 5.02 Å². The molecule has 1 heterocycles. The summed E-state index contributed by atoms with van der Waals surface area (Å²) in [5.74, 6) is 0.886. The number of halogens is 2. The minimum atomic E-state index is -0.390. The van der Waals surface area contributed by atoms with E-state index in [0.717, 1.165) is 12.2 Å². The lowest BCUT2D eigenvalue weighted by atomic mass is 9.96. The average Bonchev–Trinajstić information content (AvgIpc) is 2.74. The minimum absolute atomic E-state index is 0.125. The smallest absolute Gasteiger partial charge is 0.274 e. The highest BCUT2D eigenvalue weighted by Gasteiger charge is 2.20. The Morgan fingerprint density at radius 1 is 1.25 bits per heavy atom. The number of hydrogen-bond acceptors (Lipinski definition) is 2. The molecule has 4 nitrogen and oxygen atoms in total. The Hall–Kier alpha value is -1.62. The zero-order valence-corrected chi connectivity index (χ0v) is 14.7. The number of nitrogens with zero attached hydrogens (tertiary/aromatic N) is 3. The van der Waals surface area contributed by atoms with Crippen LogP contribution in [0, 0.1) is 11.7 Å². The molecule has 6 heteroatoms. The molecular formula is C18H23ClFN3O. The fourth-order valence-corrected chi connectivity index (χ4v) is 3.76. The van der Waals surface area contributed by atoms with Crippen molar-refractivity contribution in [1.29, 1.82) is 0 Å². The molecule has 0 bridgehead atoms. The van der Waals surface area contributed by atoms with Gasteiger partial charge in [-0.25, -0.2) is 13.9 Å². The van der Waals surface area contributed by atoms with Crippen molar-refractivity contribution >= 4 is 11.6 Å². The Bertz CT molecular complexity index is 740. The first kappa shape index (κ1) is 17.2. The quantitative estimate of drug-likeness (QED) is 0.783. The second-order valence-electron chi connectivity index (χ2n) is 6.67. The predicted octanol–water partition coefficient (Wildman–Crippen LogP) is 3.94. The molecule has 1 fully saturated rings. The fourth-order valence-electron chi connectivity index (χ4n) is 3.53. The molecule has 3 rings (SSSR count). The normalized spacial score (nSPS) is 16.3. The van der Waals surface area contributed by atoms with Crippen LogP contribution < -0.4 is 5.69 Å². The first-order valence-electron chi connectivity index (χ1n) is 8.62. The van der Waals surface area contributed by atoms with Gasteiger partial charge in [0.15, 0.2) is 0 Å². The van der Waals surface area contributed by atoms with Gasteiger partial charge in [-0.15, -0.1) is 0 Å². The van der Waals surface area contributed by atoms with E-state index in [2.05, 4.69) is 5.10 Å². The molecule has 0 spiro atoms. The molecule has 1 saturated carbocycles. The molecule has 1 aliphatic rings. The molecule has 0 amide bonds. The summed E-state index contributed by atoms with van der Waals surface area (Å²) in [7, 11) is 1.64. The van der Waals surface area contributed by atoms with Gasteiger partial charge in [-0.05, 0) is 18.1 Å². The second-order valence-corrected chi connectivity index (χ2v) is 7.08. The van der Waals surface area contributed by atoms with E-state index in [4.69, 9.17) is 11.6 Å². The van der Waals surface area contributed by atoms with E-state index < -0.39 is 5.82 Å². The Balaban J connectivity index is 1.88. The third kappa shape index (κ3) is 3.72. The van der Waals surface area contributed by atoms with E-state index in [-0.39, 0.29) is 12.2 Å². The van der Waals surface area contributed by atoms with Crippen molar-refractivity contribution < 1.29 is 4.39 Å². The van der Waals surface area contributed by atoms with Crippen molar-refractivity contribution in [2.24, 2.45) is 13.0 Å². The molecule has 0 aliphatic heterocycles. The number of hydrogen-bond donors (Lipinski definition) is 0. The minimum Gasteiger partial charge on any atom is -0.274 e. The summed E-state index contributed by atoms with van der Waals surface area (Å²) in [6, 6.07) is 4.58. The zero-order chi connectivity index (χ0) is 17.1. The van der Waals surface area contributed by atoms with Gasteiger partial charge in [0, 0.05) is 24.1 Å². The molecule has 130 valence electrons. The van der Waals surface area contributed by atoms with Crippen LogP contribution in [0.4, 0.5) is 4.39 Å². The van der Waals surface area contributed by atoms with E-state index in [0.29, 0.717) is 16.5 Å². The van der Waals surface area contributed by atoms with Gasteiger partial charge in [-0.3, -0.25) is 4.57 Å². The Kier molecular flexibility index (Phi) is 5.39. The lowest BCUT2D eigenvalue weighted by Gasteiger charge is -2.14. The summed E-state index contributed by atoms with van der Waals surface area (Å²) in [6.45, 7) is 0.125. The van der Waals surface area contributed by atoms with Crippen molar-refractivity contribution in [2.45, 2.75) is 51.5 Å². The van der Waals surface area contributed by atoms with Gasteiger partial charge in [-0.2, -0.15) is 5.10 Å². The van der Waals surface area contributed by atoms with Gasteiger partial charge >= 0.3 is 5.69 Å². The van der Waals surface area contributed by atoms with Crippen LogP contribution in [0.15, 0.2) is 23.0 Å². The maximum atomic E-state index is 14.1. The number of benzene rings is 1. The number of aryl methyl sites for hydroxylation is 1. The van der Waals surface area contributed by atoms with Gasteiger partial charge in [0.05, 0.1) is 6.54 Å². The molecular weight excluding hydrogens is 329 g/mol. The first-order valence-corrected chi connectivity index (χ1v) is 8.99. The summed E-state index contributed by atoms with van der Waals surface area (Å²) in [5.41, 5.74) is 0.120. The van der Waals surface area contributed by atoms with Gasteiger partial charge in [0.1, 0.15) is 11.6 Å². The third-order valence-corrected chi connectivity index (χ3v) is 5.26. The molecule has 0 unspecified atom stereocenters. The summed E-state index contributed by atoms with van der Waals surface area (Å²) >= 11 is 6.12. The van der Waals surface area contributed by atoms with Crippen LogP contribution in [-0.2, 0) is 20.0 Å². The highest BCUT2D eigenvalue weighted by atomic mass is 35.5. The van der Waals surface area contributed by atoms with Gasteiger partial charge in [0.25, 0.3) is 0 Å². The van der Waals surface area contributed by atoms with Crippen LogP contribution in [0.1, 0.15) is 49.9 Å². The van der Waals surface area contributed by atoms with Crippen molar-refractivity contribution in [3.63, 3.8) is 0 Å². The zero-order valence-electron chi connectivity index (χ0n) is 14.0. The van der Waals surface area contributed by atoms with Crippen molar-refractivity contribution in [2.75, 3.05) is 0 Å². The van der Waals surface area contributed by atoms with Crippen molar-refractivity contribution in [3.05, 3.63) is 50.9 Å². The summed E-state index contributed by atoms with van der Waals surface area (Å²) in [4.78, 5) is 12.4. The standard InChI is InChI=1S/C18H23ClFN3O/c1-22-18(24)23(12-14-15(19)9-6-10-16(14)20)17(21-22)11-13-7-4-2-3-5-8-13/h6,9-10,13H,2-5,7-8,11-12H2,1H3. The van der Waals surface area contributed by atoms with Crippen LogP contribution in [0.25, 0.3) is 0 Å². The molecule has 0 N–H and O–H groups in total. The largest absolute Gasteiger partial charge is 0.345 e. The Labute approximate surface area is 146 Å². The van der Waals surface area contributed by atoms with Crippen LogP contribution in [0.5, 0.6) is 0 Å². The second kappa shape index (κ2) is 7.51. The molecule has 2 aromatic rings. The van der Waals surface area contributed by atoms with Crippen LogP contribution >= 0.6 is 11.6 Å². The first-order chi connectivity index (χ1) is 11.6. The van der Waals surface area contributed by atoms with Gasteiger partial charge in [-0.1, -0.05) is 56.2 Å². The number of rotatable bonds is 4. The maximum Gasteiger partial charge on any atom is 0.345 e. The summed E-state index contributed by atoms with van der Waals surface area (Å²) in [5, 5.41) is 4.73. The van der Waals surface area contributed by atoms with E-state index in [1.54, 1.807) is 23.7 Å². The van der Waals surface area contributed by atoms with E-state index in [9.17, 15) is 9.18 Å². The molecule has 1 aromatic heterocycles. The van der Waals surface area contributed by atoms with Crippen molar-refractivity contribution in [1.82, 2.24) is 14.3 Å². The van der Waals surface area contributed by atoms with Gasteiger partial charge < -0.3 is 0 Å². The van der Waals surface area contributed by atoms with Crippen molar-refractivity contribution in [3.8, 4) is 0 Å². The Morgan fingerprint density at radius 2 is 1.96 bits per heavy atom. The molecule has 0 saturated heterocycles. The molecule has 1 aromatic carbocycles.